The van der Waals surface area contributed by atoms with E-state index in [0.717, 1.165) is 0 Å². The van der Waals surface area contributed by atoms with Crippen LogP contribution in [0.15, 0.2) is 29.0 Å². The van der Waals surface area contributed by atoms with Crippen molar-refractivity contribution in [2.45, 2.75) is 19.9 Å². The first-order chi connectivity index (χ1) is 12.0. The van der Waals surface area contributed by atoms with E-state index in [1.165, 1.54) is 21.7 Å². The first-order valence-corrected chi connectivity index (χ1v) is 7.63. The number of furan rings is 1. The van der Waals surface area contributed by atoms with Gasteiger partial charge in [-0.1, -0.05) is 13.8 Å². The molecule has 128 valence electrons. The minimum absolute atomic E-state index is 0.0856. The van der Waals surface area contributed by atoms with Crippen molar-refractivity contribution in [2.24, 2.45) is 5.92 Å². The van der Waals surface area contributed by atoms with E-state index in [2.05, 4.69) is 20.2 Å². The van der Waals surface area contributed by atoms with Crippen LogP contribution < -0.4 is 5.73 Å². The molecule has 0 bridgehead atoms. The molecule has 25 heavy (non-hydrogen) atoms. The first kappa shape index (κ1) is 15.1. The minimum Gasteiger partial charge on any atom is -0.480 e. The normalized spacial score (nSPS) is 13.1. The molecule has 3 N–H and O–H groups in total. The lowest BCUT2D eigenvalue weighted by atomic mass is 10.1. The summed E-state index contributed by atoms with van der Waals surface area (Å²) in [5.74, 6) is -0.233. The Morgan fingerprint density at radius 3 is 2.76 bits per heavy atom. The van der Waals surface area contributed by atoms with Gasteiger partial charge in [-0.3, -0.25) is 0 Å². The molecule has 0 aliphatic rings. The molecule has 0 aliphatic heterocycles. The number of aromatic nitrogens is 6. The van der Waals surface area contributed by atoms with Crippen molar-refractivity contribution >= 4 is 28.6 Å². The molecule has 10 heteroatoms. The Bertz CT molecular complexity index is 1080. The number of nitrogens with zero attached hydrogens (tertiary/aromatic N) is 6. The molecule has 0 radical (unpaired) electrons. The van der Waals surface area contributed by atoms with Crippen LogP contribution in [0.25, 0.3) is 28.3 Å². The van der Waals surface area contributed by atoms with Crippen molar-refractivity contribution < 1.29 is 14.3 Å². The Hall–Kier alpha value is -3.43. The van der Waals surface area contributed by atoms with Crippen LogP contribution in [-0.2, 0) is 4.79 Å². The molecule has 0 aromatic carbocycles. The van der Waals surface area contributed by atoms with E-state index in [9.17, 15) is 9.90 Å². The summed E-state index contributed by atoms with van der Waals surface area (Å²) in [6.45, 7) is 3.61. The maximum Gasteiger partial charge on any atom is 0.328 e. The highest BCUT2D eigenvalue weighted by Crippen LogP contribution is 2.27. The van der Waals surface area contributed by atoms with E-state index < -0.39 is 12.0 Å². The SMILES string of the molecule is CC(C)C(C(=O)O)n1ncc2c1nc(N)n1nc(-c3ccco3)nc21. The van der Waals surface area contributed by atoms with Gasteiger partial charge in [0.25, 0.3) is 0 Å². The maximum absolute atomic E-state index is 11.6. The van der Waals surface area contributed by atoms with Gasteiger partial charge < -0.3 is 15.3 Å². The summed E-state index contributed by atoms with van der Waals surface area (Å²) in [7, 11) is 0. The quantitative estimate of drug-likeness (QED) is 0.571. The van der Waals surface area contributed by atoms with E-state index in [1.54, 1.807) is 26.0 Å². The fourth-order valence-corrected chi connectivity index (χ4v) is 2.81. The molecule has 0 saturated heterocycles. The summed E-state index contributed by atoms with van der Waals surface area (Å²) >= 11 is 0. The molecule has 1 atom stereocenters. The van der Waals surface area contributed by atoms with Gasteiger partial charge in [0.05, 0.1) is 17.8 Å². The van der Waals surface area contributed by atoms with Gasteiger partial charge in [-0.05, 0) is 18.1 Å². The highest BCUT2D eigenvalue weighted by Gasteiger charge is 2.28. The van der Waals surface area contributed by atoms with Crippen LogP contribution in [0.3, 0.4) is 0 Å². The molecule has 0 aliphatic carbocycles. The van der Waals surface area contributed by atoms with Crippen LogP contribution >= 0.6 is 0 Å². The van der Waals surface area contributed by atoms with Crippen molar-refractivity contribution in [2.75, 3.05) is 5.73 Å². The second-order valence-corrected chi connectivity index (χ2v) is 5.97. The first-order valence-electron chi connectivity index (χ1n) is 7.63. The van der Waals surface area contributed by atoms with E-state index in [0.29, 0.717) is 28.3 Å². The minimum atomic E-state index is -0.988. The van der Waals surface area contributed by atoms with Crippen molar-refractivity contribution in [3.63, 3.8) is 0 Å². The maximum atomic E-state index is 11.6. The molecule has 0 fully saturated rings. The average molecular weight is 341 g/mol. The summed E-state index contributed by atoms with van der Waals surface area (Å²) in [6.07, 6.45) is 3.05. The predicted octanol–water partition coefficient (Wildman–Crippen LogP) is 1.60. The summed E-state index contributed by atoms with van der Waals surface area (Å²) in [4.78, 5) is 20.4. The number of nitrogen functional groups attached to an aromatic ring is 1. The Morgan fingerprint density at radius 2 is 2.12 bits per heavy atom. The van der Waals surface area contributed by atoms with E-state index in [4.69, 9.17) is 10.2 Å². The number of anilines is 1. The number of hydrogen-bond donors (Lipinski definition) is 2. The zero-order chi connectivity index (χ0) is 17.7. The zero-order valence-corrected chi connectivity index (χ0v) is 13.5. The monoisotopic (exact) mass is 341 g/mol. The molecule has 4 rings (SSSR count). The molecule has 1 unspecified atom stereocenters. The number of carbonyl (C=O) groups is 1. The van der Waals surface area contributed by atoms with Gasteiger partial charge in [0.15, 0.2) is 23.1 Å². The lowest BCUT2D eigenvalue weighted by Crippen LogP contribution is -2.25. The van der Waals surface area contributed by atoms with Crippen molar-refractivity contribution in [3.8, 4) is 11.6 Å². The third-order valence-electron chi connectivity index (χ3n) is 3.94. The smallest absolute Gasteiger partial charge is 0.328 e. The fraction of sp³-hybridized carbons (Fsp3) is 0.267. The number of carboxylic acid groups (broad SMARTS) is 1. The van der Waals surface area contributed by atoms with Gasteiger partial charge in [-0.25, -0.2) is 14.5 Å². The molecule has 4 aromatic rings. The number of fused-ring (bicyclic) bond motifs is 3. The predicted molar refractivity (Wildman–Crippen MR) is 87.7 cm³/mol. The van der Waals surface area contributed by atoms with Gasteiger partial charge >= 0.3 is 5.97 Å². The lowest BCUT2D eigenvalue weighted by Gasteiger charge is -2.17. The van der Waals surface area contributed by atoms with Gasteiger partial charge in [-0.2, -0.15) is 14.6 Å². The topological polar surface area (TPSA) is 137 Å². The molecule has 4 heterocycles. The molecule has 4 aromatic heterocycles. The van der Waals surface area contributed by atoms with Gasteiger partial charge in [0.1, 0.15) is 0 Å². The average Bonchev–Trinajstić information content (AvgIpc) is 3.24. The third-order valence-corrected chi connectivity index (χ3v) is 3.94. The number of hydrogen-bond acceptors (Lipinski definition) is 7. The highest BCUT2D eigenvalue weighted by atomic mass is 16.4. The van der Waals surface area contributed by atoms with Crippen LogP contribution in [0.4, 0.5) is 5.95 Å². The zero-order valence-electron chi connectivity index (χ0n) is 13.5. The van der Waals surface area contributed by atoms with Crippen molar-refractivity contribution in [1.29, 1.82) is 0 Å². The molecular formula is C15H15N7O3. The van der Waals surface area contributed by atoms with Crippen LogP contribution in [-0.4, -0.2) is 40.4 Å². The van der Waals surface area contributed by atoms with Crippen molar-refractivity contribution in [3.05, 3.63) is 24.6 Å². The lowest BCUT2D eigenvalue weighted by molar-refractivity contribution is -0.142. The molecule has 0 spiro atoms. The van der Waals surface area contributed by atoms with E-state index >= 15 is 0 Å². The summed E-state index contributed by atoms with van der Waals surface area (Å²) in [5, 5.41) is 18.6. The number of aliphatic carboxylic acids is 1. The number of rotatable bonds is 4. The highest BCUT2D eigenvalue weighted by molar-refractivity contribution is 5.91. The summed E-state index contributed by atoms with van der Waals surface area (Å²) in [6, 6.07) is 2.61. The van der Waals surface area contributed by atoms with Gasteiger partial charge in [0, 0.05) is 0 Å². The second-order valence-electron chi connectivity index (χ2n) is 5.97. The molecule has 0 saturated carbocycles. The Labute approximate surface area is 140 Å². The molecule has 10 nitrogen and oxygen atoms in total. The van der Waals surface area contributed by atoms with Gasteiger partial charge in [0.2, 0.25) is 11.8 Å². The largest absolute Gasteiger partial charge is 0.480 e. The fourth-order valence-electron chi connectivity index (χ4n) is 2.81. The Balaban J connectivity index is 1.98. The molecule has 0 amide bonds. The standard InChI is InChI=1S/C15H15N7O3/c1-7(2)10(14(23)24)21-13-8(6-17-21)12-18-11(9-4-3-5-25-9)20-22(12)15(16)19-13/h3-7,10H,1-2H3,(H2,16,19)(H,23,24). The Kier molecular flexibility index (Phi) is 3.20. The second kappa shape index (κ2) is 5.30. The van der Waals surface area contributed by atoms with Gasteiger partial charge in [-0.15, -0.1) is 5.10 Å². The van der Waals surface area contributed by atoms with E-state index in [-0.39, 0.29) is 11.9 Å². The summed E-state index contributed by atoms with van der Waals surface area (Å²) in [5.41, 5.74) is 6.79. The van der Waals surface area contributed by atoms with Crippen LogP contribution in [0.5, 0.6) is 0 Å². The number of nitrogens with two attached hydrogens (primary N) is 1. The summed E-state index contributed by atoms with van der Waals surface area (Å²) < 4.78 is 8.06. The third kappa shape index (κ3) is 2.22. The van der Waals surface area contributed by atoms with Crippen LogP contribution in [0.1, 0.15) is 19.9 Å². The Morgan fingerprint density at radius 1 is 1.32 bits per heavy atom. The van der Waals surface area contributed by atoms with Crippen LogP contribution in [0, 0.1) is 5.92 Å². The van der Waals surface area contributed by atoms with E-state index in [1.807, 2.05) is 0 Å². The number of carboxylic acids is 1. The van der Waals surface area contributed by atoms with Crippen molar-refractivity contribution in [1.82, 2.24) is 29.4 Å². The molecular weight excluding hydrogens is 326 g/mol. The van der Waals surface area contributed by atoms with Crippen LogP contribution in [0.2, 0.25) is 0 Å².